The molecule has 0 radical (unpaired) electrons. The van der Waals surface area contributed by atoms with E-state index in [9.17, 15) is 0 Å². The summed E-state index contributed by atoms with van der Waals surface area (Å²) in [5, 5.41) is 0.207. The van der Waals surface area contributed by atoms with Gasteiger partial charge in [0.25, 0.3) is 0 Å². The van der Waals surface area contributed by atoms with Gasteiger partial charge in [-0.05, 0) is 85.8 Å². The van der Waals surface area contributed by atoms with Gasteiger partial charge in [0, 0.05) is 11.8 Å². The molecule has 0 amide bonds. The molecule has 36 heavy (non-hydrogen) atoms. The van der Waals surface area contributed by atoms with Crippen LogP contribution in [0.25, 0.3) is 28.0 Å². The lowest BCUT2D eigenvalue weighted by atomic mass is 10.0. The fraction of sp³-hybridized carbons (Fsp3) is 0.387. The summed E-state index contributed by atoms with van der Waals surface area (Å²) >= 11 is 0. The maximum absolute atomic E-state index is 6.89. The highest BCUT2D eigenvalue weighted by atomic mass is 28.4. The Morgan fingerprint density at radius 3 is 2.06 bits per heavy atom. The maximum Gasteiger partial charge on any atom is 0.193 e. The topological polar surface area (TPSA) is 35.8 Å². The molecule has 0 atom stereocenters. The number of hydrogen-bond acceptors (Lipinski definition) is 3. The van der Waals surface area contributed by atoms with Crippen molar-refractivity contribution in [2.75, 3.05) is 0 Å². The number of aromatic nitrogens is 2. The van der Waals surface area contributed by atoms with Crippen molar-refractivity contribution in [3.63, 3.8) is 0 Å². The van der Waals surface area contributed by atoms with E-state index in [1.54, 1.807) is 0 Å². The van der Waals surface area contributed by atoms with Crippen LogP contribution in [-0.4, -0.2) is 23.8 Å². The molecule has 0 spiro atoms. The SMILES string of the molecule is CC(C)Oc1ccc(-c2ccc3ncc(-c4ccc(C5(O[Si](C)(C)C(C)(C)C)CC5)cc4)n3c2)cc1. The van der Waals surface area contributed by atoms with Crippen LogP contribution in [-0.2, 0) is 10.0 Å². The third kappa shape index (κ3) is 4.74. The van der Waals surface area contributed by atoms with Gasteiger partial charge in [-0.2, -0.15) is 0 Å². The second-order valence-corrected chi connectivity index (χ2v) is 16.6. The van der Waals surface area contributed by atoms with Gasteiger partial charge in [0.05, 0.1) is 23.6 Å². The van der Waals surface area contributed by atoms with E-state index in [1.807, 2.05) is 32.2 Å². The third-order valence-corrected chi connectivity index (χ3v) is 12.2. The Kier molecular flexibility index (Phi) is 6.12. The molecule has 4 nitrogen and oxygen atoms in total. The van der Waals surface area contributed by atoms with Crippen molar-refractivity contribution in [2.45, 2.75) is 77.3 Å². The van der Waals surface area contributed by atoms with E-state index in [-0.39, 0.29) is 16.7 Å². The monoisotopic (exact) mass is 498 g/mol. The molecule has 1 saturated carbocycles. The smallest absolute Gasteiger partial charge is 0.193 e. The van der Waals surface area contributed by atoms with E-state index in [0.717, 1.165) is 46.6 Å². The van der Waals surface area contributed by atoms with Gasteiger partial charge in [0.15, 0.2) is 8.32 Å². The summed E-state index contributed by atoms with van der Waals surface area (Å²) in [6.07, 6.45) is 6.53. The molecule has 5 rings (SSSR count). The van der Waals surface area contributed by atoms with Crippen molar-refractivity contribution in [1.29, 1.82) is 0 Å². The molecular formula is C31H38N2O2Si. The van der Waals surface area contributed by atoms with E-state index in [1.165, 1.54) is 5.56 Å². The molecule has 5 heteroatoms. The summed E-state index contributed by atoms with van der Waals surface area (Å²) in [4.78, 5) is 4.66. The van der Waals surface area contributed by atoms with E-state index < -0.39 is 8.32 Å². The Hall–Kier alpha value is -2.89. The molecule has 1 fully saturated rings. The lowest BCUT2D eigenvalue weighted by Crippen LogP contribution is -2.44. The minimum atomic E-state index is -1.84. The average molecular weight is 499 g/mol. The number of fused-ring (bicyclic) bond motifs is 1. The van der Waals surface area contributed by atoms with Gasteiger partial charge in [-0.1, -0.05) is 57.2 Å². The molecule has 0 unspecified atom stereocenters. The van der Waals surface area contributed by atoms with Crippen molar-refractivity contribution in [3.8, 4) is 28.1 Å². The molecule has 0 aliphatic heterocycles. The number of pyridine rings is 1. The van der Waals surface area contributed by atoms with Crippen LogP contribution in [0.5, 0.6) is 5.75 Å². The second kappa shape index (κ2) is 8.89. The fourth-order valence-corrected chi connectivity index (χ4v) is 6.12. The first kappa shape index (κ1) is 24.8. The molecule has 4 aromatic rings. The van der Waals surface area contributed by atoms with Crippen LogP contribution >= 0.6 is 0 Å². The molecule has 0 saturated heterocycles. The molecule has 2 aromatic heterocycles. The molecule has 0 N–H and O–H groups in total. The Balaban J connectivity index is 1.41. The number of nitrogens with zero attached hydrogens (tertiary/aromatic N) is 2. The van der Waals surface area contributed by atoms with Gasteiger partial charge < -0.3 is 9.16 Å². The van der Waals surface area contributed by atoms with Gasteiger partial charge in [-0.3, -0.25) is 4.40 Å². The van der Waals surface area contributed by atoms with Gasteiger partial charge in [0.2, 0.25) is 0 Å². The molecule has 1 aliphatic rings. The zero-order valence-corrected chi connectivity index (χ0v) is 23.6. The second-order valence-electron chi connectivity index (χ2n) is 11.9. The lowest BCUT2D eigenvalue weighted by Gasteiger charge is -2.39. The highest BCUT2D eigenvalue weighted by Crippen LogP contribution is 2.54. The number of hydrogen-bond donors (Lipinski definition) is 0. The minimum absolute atomic E-state index is 0.0976. The van der Waals surface area contributed by atoms with Crippen LogP contribution in [0.15, 0.2) is 73.1 Å². The summed E-state index contributed by atoms with van der Waals surface area (Å²) in [6, 6.07) is 21.5. The highest BCUT2D eigenvalue weighted by molar-refractivity contribution is 6.74. The molecule has 0 bridgehead atoms. The summed E-state index contributed by atoms with van der Waals surface area (Å²) in [7, 11) is -1.84. The van der Waals surface area contributed by atoms with Crippen LogP contribution < -0.4 is 4.74 Å². The van der Waals surface area contributed by atoms with Gasteiger partial charge in [-0.15, -0.1) is 0 Å². The van der Waals surface area contributed by atoms with Crippen LogP contribution in [0.1, 0.15) is 53.0 Å². The molecule has 2 aromatic carbocycles. The summed E-state index contributed by atoms with van der Waals surface area (Å²) in [5.41, 5.74) is 6.70. The zero-order valence-electron chi connectivity index (χ0n) is 22.6. The normalized spacial score (nSPS) is 15.4. The molecule has 2 heterocycles. The summed E-state index contributed by atoms with van der Waals surface area (Å²) in [5.74, 6) is 0.893. The Bertz CT molecular complexity index is 1360. The number of benzene rings is 2. The Labute approximate surface area is 216 Å². The predicted octanol–water partition coefficient (Wildman–Crippen LogP) is 8.47. The Morgan fingerprint density at radius 2 is 1.47 bits per heavy atom. The van der Waals surface area contributed by atoms with Crippen LogP contribution in [0.4, 0.5) is 0 Å². The first-order valence-electron chi connectivity index (χ1n) is 13.0. The molecule has 1 aliphatic carbocycles. The van der Waals surface area contributed by atoms with Crippen molar-refractivity contribution in [3.05, 3.63) is 78.6 Å². The lowest BCUT2D eigenvalue weighted by molar-refractivity contribution is 0.159. The average Bonchev–Trinajstić information content (AvgIpc) is 3.47. The third-order valence-electron chi connectivity index (χ3n) is 7.73. The summed E-state index contributed by atoms with van der Waals surface area (Å²) < 4.78 is 14.9. The van der Waals surface area contributed by atoms with Crippen molar-refractivity contribution >= 4 is 14.0 Å². The molecular weight excluding hydrogens is 460 g/mol. The van der Waals surface area contributed by atoms with E-state index in [2.05, 4.69) is 98.0 Å². The van der Waals surface area contributed by atoms with Crippen molar-refractivity contribution in [2.24, 2.45) is 0 Å². The maximum atomic E-state index is 6.89. The van der Waals surface area contributed by atoms with Gasteiger partial charge >= 0.3 is 0 Å². The quantitative estimate of drug-likeness (QED) is 0.240. The largest absolute Gasteiger partial charge is 0.491 e. The molecule has 188 valence electrons. The number of rotatable bonds is 7. The zero-order chi connectivity index (χ0) is 25.7. The van der Waals surface area contributed by atoms with Gasteiger partial charge in [0.1, 0.15) is 11.4 Å². The standard InChI is InChI=1S/C31H38N2O2Si/c1-22(2)34-27-15-10-23(11-16-27)25-12-17-29-32-20-28(33(29)21-25)24-8-13-26(14-9-24)31(18-19-31)35-36(6,7)30(3,4)5/h8-17,20-22H,18-19H2,1-7H3. The minimum Gasteiger partial charge on any atom is -0.491 e. The summed E-state index contributed by atoms with van der Waals surface area (Å²) in [6.45, 7) is 15.7. The van der Waals surface area contributed by atoms with E-state index in [0.29, 0.717) is 0 Å². The van der Waals surface area contributed by atoms with Crippen molar-refractivity contribution in [1.82, 2.24) is 9.38 Å². The first-order valence-corrected chi connectivity index (χ1v) is 15.9. The number of imidazole rings is 1. The van der Waals surface area contributed by atoms with Crippen molar-refractivity contribution < 1.29 is 9.16 Å². The Morgan fingerprint density at radius 1 is 0.861 bits per heavy atom. The number of ether oxygens (including phenoxy) is 1. The predicted molar refractivity (Wildman–Crippen MR) is 151 cm³/mol. The van der Waals surface area contributed by atoms with Crippen LogP contribution in [0.3, 0.4) is 0 Å². The van der Waals surface area contributed by atoms with Gasteiger partial charge in [-0.25, -0.2) is 4.98 Å². The van der Waals surface area contributed by atoms with E-state index in [4.69, 9.17) is 9.16 Å². The van der Waals surface area contributed by atoms with E-state index >= 15 is 0 Å². The van der Waals surface area contributed by atoms with Crippen LogP contribution in [0, 0.1) is 0 Å². The highest BCUT2D eigenvalue weighted by Gasteiger charge is 2.52. The fourth-order valence-electron chi connectivity index (χ4n) is 4.51. The first-order chi connectivity index (χ1) is 17.0. The van der Waals surface area contributed by atoms with Crippen LogP contribution in [0.2, 0.25) is 18.1 Å².